The Hall–Kier alpha value is -1.36. The number of amides is 1. The minimum Gasteiger partial charge on any atom is -0.478 e. The number of hydrogen-bond donors (Lipinski definition) is 2. The zero-order valence-electron chi connectivity index (χ0n) is 7.71. The molecule has 1 aromatic rings. The number of rotatable bonds is 1. The van der Waals surface area contributed by atoms with Gasteiger partial charge in [-0.15, -0.1) is 0 Å². The summed E-state index contributed by atoms with van der Waals surface area (Å²) in [4.78, 5) is 22.1. The number of carbonyl (C=O) groups excluding carboxylic acids is 1. The van der Waals surface area contributed by atoms with Crippen molar-refractivity contribution in [2.75, 3.05) is 5.32 Å². The van der Waals surface area contributed by atoms with E-state index in [1.54, 1.807) is 0 Å². The highest BCUT2D eigenvalue weighted by Crippen LogP contribution is 2.30. The van der Waals surface area contributed by atoms with Crippen molar-refractivity contribution in [1.29, 1.82) is 0 Å². The third kappa shape index (κ3) is 1.87. The van der Waals surface area contributed by atoms with E-state index in [-0.39, 0.29) is 11.5 Å². The Morgan fingerprint density at radius 2 is 2.13 bits per heavy atom. The molecular formula is C10H8BrNO3. The lowest BCUT2D eigenvalue weighted by Gasteiger charge is -2.18. The van der Waals surface area contributed by atoms with Crippen LogP contribution >= 0.6 is 15.9 Å². The molecule has 1 aliphatic heterocycles. The first-order chi connectivity index (χ1) is 7.08. The summed E-state index contributed by atoms with van der Waals surface area (Å²) in [5, 5.41) is 11.6. The van der Waals surface area contributed by atoms with Gasteiger partial charge in [0.2, 0.25) is 5.91 Å². The summed E-state index contributed by atoms with van der Waals surface area (Å²) in [5.41, 5.74) is 1.43. The first kappa shape index (κ1) is 10.2. The van der Waals surface area contributed by atoms with Crippen molar-refractivity contribution in [2.24, 2.45) is 0 Å². The van der Waals surface area contributed by atoms with Crippen LogP contribution in [0.25, 0.3) is 0 Å². The number of anilines is 1. The molecule has 0 atom stereocenters. The number of aryl methyl sites for hydroxylation is 1. The van der Waals surface area contributed by atoms with E-state index in [0.29, 0.717) is 18.5 Å². The minimum atomic E-state index is -1.03. The molecule has 0 radical (unpaired) electrons. The predicted octanol–water partition coefficient (Wildman–Crippen LogP) is 2.03. The zero-order chi connectivity index (χ0) is 11.0. The predicted molar refractivity (Wildman–Crippen MR) is 58.1 cm³/mol. The van der Waals surface area contributed by atoms with Crippen molar-refractivity contribution in [2.45, 2.75) is 12.8 Å². The van der Waals surface area contributed by atoms with Gasteiger partial charge in [-0.3, -0.25) is 4.79 Å². The second kappa shape index (κ2) is 3.66. The van der Waals surface area contributed by atoms with E-state index in [0.717, 1.165) is 10.0 Å². The molecule has 0 aliphatic carbocycles. The highest BCUT2D eigenvalue weighted by Gasteiger charge is 2.21. The van der Waals surface area contributed by atoms with Crippen molar-refractivity contribution < 1.29 is 14.7 Å². The molecule has 0 unspecified atom stereocenters. The molecule has 0 saturated heterocycles. The molecule has 78 valence electrons. The Morgan fingerprint density at radius 3 is 2.80 bits per heavy atom. The number of carbonyl (C=O) groups is 2. The lowest BCUT2D eigenvalue weighted by molar-refractivity contribution is -0.116. The third-order valence-electron chi connectivity index (χ3n) is 2.30. The summed E-state index contributed by atoms with van der Waals surface area (Å²) in [6, 6.07) is 3.33. The molecule has 1 aliphatic rings. The van der Waals surface area contributed by atoms with Crippen molar-refractivity contribution in [1.82, 2.24) is 0 Å². The van der Waals surface area contributed by atoms with Crippen molar-refractivity contribution >= 4 is 33.5 Å². The van der Waals surface area contributed by atoms with Gasteiger partial charge in [-0.05, 0) is 24.1 Å². The van der Waals surface area contributed by atoms with Crippen LogP contribution in [0.5, 0.6) is 0 Å². The molecule has 0 bridgehead atoms. The molecular weight excluding hydrogens is 262 g/mol. The standard InChI is InChI=1S/C10H8BrNO3/c11-6-3-5-1-2-8(13)12-9(5)7(4-6)10(14)15/h3-4H,1-2H2,(H,12,13)(H,14,15). The number of halogens is 1. The third-order valence-corrected chi connectivity index (χ3v) is 2.76. The molecule has 1 amide bonds. The van der Waals surface area contributed by atoms with Crippen LogP contribution in [0, 0.1) is 0 Å². The molecule has 0 spiro atoms. The van der Waals surface area contributed by atoms with Crippen LogP contribution in [0.4, 0.5) is 5.69 Å². The van der Waals surface area contributed by atoms with Crippen LogP contribution in [0.3, 0.4) is 0 Å². The van der Waals surface area contributed by atoms with Crippen LogP contribution in [-0.4, -0.2) is 17.0 Å². The number of carboxylic acid groups (broad SMARTS) is 1. The van der Waals surface area contributed by atoms with Crippen molar-refractivity contribution in [3.8, 4) is 0 Å². The quantitative estimate of drug-likeness (QED) is 0.820. The molecule has 4 nitrogen and oxygen atoms in total. The maximum atomic E-state index is 11.2. The molecule has 0 fully saturated rings. The molecule has 2 N–H and O–H groups in total. The number of hydrogen-bond acceptors (Lipinski definition) is 2. The smallest absolute Gasteiger partial charge is 0.337 e. The van der Waals surface area contributed by atoms with Crippen LogP contribution in [0.15, 0.2) is 16.6 Å². The highest BCUT2D eigenvalue weighted by molar-refractivity contribution is 9.10. The topological polar surface area (TPSA) is 66.4 Å². The Kier molecular flexibility index (Phi) is 2.48. The van der Waals surface area contributed by atoms with Gasteiger partial charge in [0, 0.05) is 10.9 Å². The van der Waals surface area contributed by atoms with Crippen molar-refractivity contribution in [3.05, 3.63) is 27.7 Å². The molecule has 15 heavy (non-hydrogen) atoms. The second-order valence-corrected chi connectivity index (χ2v) is 4.26. The maximum Gasteiger partial charge on any atom is 0.337 e. The fraction of sp³-hybridized carbons (Fsp3) is 0.200. The number of aromatic carboxylic acids is 1. The summed E-state index contributed by atoms with van der Waals surface area (Å²) in [7, 11) is 0. The van der Waals surface area contributed by atoms with Gasteiger partial charge in [-0.1, -0.05) is 15.9 Å². The van der Waals surface area contributed by atoms with Crippen LogP contribution < -0.4 is 5.32 Å². The molecule has 0 saturated carbocycles. The van der Waals surface area contributed by atoms with Gasteiger partial charge in [0.25, 0.3) is 0 Å². The second-order valence-electron chi connectivity index (χ2n) is 3.34. The Bertz CT molecular complexity index is 456. The summed E-state index contributed by atoms with van der Waals surface area (Å²) in [5.74, 6) is -1.16. The SMILES string of the molecule is O=C1CCc2cc(Br)cc(C(=O)O)c2N1. The normalized spacial score (nSPS) is 14.3. The first-order valence-corrected chi connectivity index (χ1v) is 5.23. The van der Waals surface area contributed by atoms with E-state index in [4.69, 9.17) is 5.11 Å². The van der Waals surface area contributed by atoms with Gasteiger partial charge in [-0.25, -0.2) is 4.79 Å². The largest absolute Gasteiger partial charge is 0.478 e. The maximum absolute atomic E-state index is 11.2. The van der Waals surface area contributed by atoms with Crippen LogP contribution in [-0.2, 0) is 11.2 Å². The van der Waals surface area contributed by atoms with E-state index in [2.05, 4.69) is 21.2 Å². The number of carboxylic acids is 1. The Morgan fingerprint density at radius 1 is 1.40 bits per heavy atom. The molecule has 5 heteroatoms. The van der Waals surface area contributed by atoms with Gasteiger partial charge >= 0.3 is 5.97 Å². The van der Waals surface area contributed by atoms with Gasteiger partial charge in [0.15, 0.2) is 0 Å². The van der Waals surface area contributed by atoms with E-state index in [9.17, 15) is 9.59 Å². The average Bonchev–Trinajstić information content (AvgIpc) is 2.17. The monoisotopic (exact) mass is 269 g/mol. The number of benzene rings is 1. The highest BCUT2D eigenvalue weighted by atomic mass is 79.9. The Labute approximate surface area is 94.4 Å². The molecule has 0 aromatic heterocycles. The fourth-order valence-electron chi connectivity index (χ4n) is 1.63. The van der Waals surface area contributed by atoms with E-state index in [1.165, 1.54) is 6.07 Å². The Balaban J connectivity index is 2.60. The summed E-state index contributed by atoms with van der Waals surface area (Å²) < 4.78 is 0.717. The van der Waals surface area contributed by atoms with E-state index < -0.39 is 5.97 Å². The number of nitrogens with one attached hydrogen (secondary N) is 1. The summed E-state index contributed by atoms with van der Waals surface area (Å²) in [6.45, 7) is 0. The van der Waals surface area contributed by atoms with Crippen molar-refractivity contribution in [3.63, 3.8) is 0 Å². The lowest BCUT2D eigenvalue weighted by Crippen LogP contribution is -2.21. The zero-order valence-corrected chi connectivity index (χ0v) is 9.30. The van der Waals surface area contributed by atoms with Gasteiger partial charge in [0.1, 0.15) is 0 Å². The summed E-state index contributed by atoms with van der Waals surface area (Å²) in [6.07, 6.45) is 0.989. The summed E-state index contributed by atoms with van der Waals surface area (Å²) >= 11 is 3.25. The van der Waals surface area contributed by atoms with Gasteiger partial charge in [-0.2, -0.15) is 0 Å². The lowest BCUT2D eigenvalue weighted by atomic mass is 9.99. The van der Waals surface area contributed by atoms with E-state index in [1.807, 2.05) is 6.07 Å². The van der Waals surface area contributed by atoms with Crippen LogP contribution in [0.1, 0.15) is 22.3 Å². The van der Waals surface area contributed by atoms with Gasteiger partial charge < -0.3 is 10.4 Å². The van der Waals surface area contributed by atoms with Crippen LogP contribution in [0.2, 0.25) is 0 Å². The first-order valence-electron chi connectivity index (χ1n) is 4.43. The average molecular weight is 270 g/mol. The molecule has 1 aromatic carbocycles. The minimum absolute atomic E-state index is 0.132. The van der Waals surface area contributed by atoms with Gasteiger partial charge in [0.05, 0.1) is 11.3 Å². The fourth-order valence-corrected chi connectivity index (χ4v) is 2.13. The number of fused-ring (bicyclic) bond motifs is 1. The molecule has 2 rings (SSSR count). The molecule has 1 heterocycles. The van der Waals surface area contributed by atoms with E-state index >= 15 is 0 Å².